The molecule has 1 unspecified atom stereocenters. The Morgan fingerprint density at radius 2 is 1.50 bits per heavy atom. The summed E-state index contributed by atoms with van der Waals surface area (Å²) < 4.78 is 0. The van der Waals surface area contributed by atoms with Gasteiger partial charge in [0, 0.05) is 40.6 Å². The molecule has 0 saturated heterocycles. The number of hydrogen-bond acceptors (Lipinski definition) is 2. The van der Waals surface area contributed by atoms with Crippen LogP contribution in [-0.2, 0) is 29.0 Å². The Kier molecular flexibility index (Phi) is 8.57. The summed E-state index contributed by atoms with van der Waals surface area (Å²) in [5, 5.41) is 4.11. The first-order valence-electron chi connectivity index (χ1n) is 10.1. The van der Waals surface area contributed by atoms with Gasteiger partial charge in [-0.15, -0.1) is 0 Å². The number of benzene rings is 3. The largest absolute Gasteiger partial charge is 0.357 e. The molecule has 2 amide bonds. The Bertz CT molecular complexity index is 1070. The maximum Gasteiger partial charge on any atom is 0.242 e. The third kappa shape index (κ3) is 6.26. The molecule has 0 fully saturated rings. The van der Waals surface area contributed by atoms with E-state index in [0.717, 1.165) is 11.1 Å². The van der Waals surface area contributed by atoms with Crippen LogP contribution in [-0.4, -0.2) is 29.8 Å². The highest BCUT2D eigenvalue weighted by Gasteiger charge is 2.30. The molecular formula is C25H23Cl3N2O2. The molecule has 32 heavy (non-hydrogen) atoms. The summed E-state index contributed by atoms with van der Waals surface area (Å²) in [6, 6.07) is 21.1. The Hall–Kier alpha value is -2.53. The number of likely N-dealkylation sites (N-methyl/N-ethyl adjacent to an activating group) is 1. The third-order valence-electron chi connectivity index (χ3n) is 5.15. The standard InChI is InChI=1S/C25H23Cl3N2O2/c1-29-25(32)23(14-17-7-3-2-4-8-17)30(16-20-21(27)11-6-12-22(20)28)24(31)15-18-9-5-10-19(26)13-18/h2-13,23H,14-16H2,1H3,(H,29,32). The molecule has 3 rings (SSSR count). The van der Waals surface area contributed by atoms with Crippen molar-refractivity contribution < 1.29 is 9.59 Å². The lowest BCUT2D eigenvalue weighted by atomic mass is 10.0. The van der Waals surface area contributed by atoms with Crippen LogP contribution >= 0.6 is 34.8 Å². The van der Waals surface area contributed by atoms with Gasteiger partial charge in [-0.2, -0.15) is 0 Å². The van der Waals surface area contributed by atoms with Gasteiger partial charge < -0.3 is 10.2 Å². The molecular weight excluding hydrogens is 467 g/mol. The van der Waals surface area contributed by atoms with E-state index in [1.807, 2.05) is 36.4 Å². The van der Waals surface area contributed by atoms with Crippen molar-refractivity contribution in [1.82, 2.24) is 10.2 Å². The van der Waals surface area contributed by atoms with Crippen molar-refractivity contribution in [3.63, 3.8) is 0 Å². The van der Waals surface area contributed by atoms with E-state index >= 15 is 0 Å². The molecule has 0 aliphatic heterocycles. The minimum absolute atomic E-state index is 0.0882. The molecule has 1 N–H and O–H groups in total. The number of hydrogen-bond donors (Lipinski definition) is 1. The van der Waals surface area contributed by atoms with Crippen molar-refractivity contribution in [1.29, 1.82) is 0 Å². The van der Waals surface area contributed by atoms with Crippen LogP contribution < -0.4 is 5.32 Å². The van der Waals surface area contributed by atoms with Crippen molar-refractivity contribution in [2.45, 2.75) is 25.4 Å². The highest BCUT2D eigenvalue weighted by molar-refractivity contribution is 6.36. The quantitative estimate of drug-likeness (QED) is 0.449. The Labute approximate surface area is 203 Å². The molecule has 4 nitrogen and oxygen atoms in total. The predicted molar refractivity (Wildman–Crippen MR) is 130 cm³/mol. The summed E-state index contributed by atoms with van der Waals surface area (Å²) in [6.45, 7) is 0.100. The smallest absolute Gasteiger partial charge is 0.242 e. The van der Waals surface area contributed by atoms with Crippen LogP contribution in [0.2, 0.25) is 15.1 Å². The van der Waals surface area contributed by atoms with E-state index < -0.39 is 6.04 Å². The molecule has 3 aromatic carbocycles. The minimum Gasteiger partial charge on any atom is -0.357 e. The number of amides is 2. The average molecular weight is 490 g/mol. The van der Waals surface area contributed by atoms with Gasteiger partial charge in [0.15, 0.2) is 0 Å². The lowest BCUT2D eigenvalue weighted by Crippen LogP contribution is -2.50. The van der Waals surface area contributed by atoms with Crippen molar-refractivity contribution in [3.05, 3.63) is 105 Å². The van der Waals surface area contributed by atoms with Gasteiger partial charge in [-0.1, -0.05) is 83.3 Å². The molecule has 3 aromatic rings. The lowest BCUT2D eigenvalue weighted by molar-refractivity contribution is -0.140. The number of carbonyl (C=O) groups excluding carboxylic acids is 2. The first-order valence-corrected chi connectivity index (χ1v) is 11.2. The third-order valence-corrected chi connectivity index (χ3v) is 6.10. The van der Waals surface area contributed by atoms with Crippen LogP contribution in [0.1, 0.15) is 16.7 Å². The van der Waals surface area contributed by atoms with Crippen molar-refractivity contribution >= 4 is 46.6 Å². The Morgan fingerprint density at radius 1 is 0.875 bits per heavy atom. The highest BCUT2D eigenvalue weighted by Crippen LogP contribution is 2.27. The maximum absolute atomic E-state index is 13.5. The summed E-state index contributed by atoms with van der Waals surface area (Å²) in [7, 11) is 1.56. The van der Waals surface area contributed by atoms with Gasteiger partial charge in [-0.25, -0.2) is 0 Å². The van der Waals surface area contributed by atoms with Crippen LogP contribution in [0.3, 0.4) is 0 Å². The van der Waals surface area contributed by atoms with Gasteiger partial charge in [0.1, 0.15) is 6.04 Å². The molecule has 0 bridgehead atoms. The van der Waals surface area contributed by atoms with Gasteiger partial charge in [0.25, 0.3) is 0 Å². The van der Waals surface area contributed by atoms with Gasteiger partial charge in [0.2, 0.25) is 11.8 Å². The second kappa shape index (κ2) is 11.4. The summed E-state index contributed by atoms with van der Waals surface area (Å²) in [5.74, 6) is -0.496. The zero-order chi connectivity index (χ0) is 23.1. The first kappa shape index (κ1) is 24.1. The fourth-order valence-corrected chi connectivity index (χ4v) is 4.23. The minimum atomic E-state index is -0.749. The number of halogens is 3. The van der Waals surface area contributed by atoms with Crippen LogP contribution in [0.4, 0.5) is 0 Å². The number of carbonyl (C=O) groups is 2. The second-order valence-corrected chi connectivity index (χ2v) is 8.60. The SMILES string of the molecule is CNC(=O)C(Cc1ccccc1)N(Cc1c(Cl)cccc1Cl)C(=O)Cc1cccc(Cl)c1. The summed E-state index contributed by atoms with van der Waals surface area (Å²) in [5.41, 5.74) is 2.29. The fraction of sp³-hybridized carbons (Fsp3) is 0.200. The molecule has 0 radical (unpaired) electrons. The molecule has 0 spiro atoms. The molecule has 0 aliphatic carbocycles. The maximum atomic E-state index is 13.5. The topological polar surface area (TPSA) is 49.4 Å². The molecule has 7 heteroatoms. The van der Waals surface area contributed by atoms with E-state index in [1.54, 1.807) is 48.3 Å². The lowest BCUT2D eigenvalue weighted by Gasteiger charge is -2.32. The second-order valence-electron chi connectivity index (χ2n) is 7.35. The predicted octanol–water partition coefficient (Wildman–Crippen LogP) is 5.58. The van der Waals surface area contributed by atoms with Crippen molar-refractivity contribution in [2.75, 3.05) is 7.05 Å². The van der Waals surface area contributed by atoms with Gasteiger partial charge in [0.05, 0.1) is 6.42 Å². The average Bonchev–Trinajstić information content (AvgIpc) is 2.78. The molecule has 1 atom stereocenters. The summed E-state index contributed by atoms with van der Waals surface area (Å²) >= 11 is 18.9. The molecule has 166 valence electrons. The molecule has 0 aliphatic rings. The van der Waals surface area contributed by atoms with Gasteiger partial charge >= 0.3 is 0 Å². The van der Waals surface area contributed by atoms with Gasteiger partial charge in [-0.05, 0) is 35.4 Å². The van der Waals surface area contributed by atoms with E-state index in [0.29, 0.717) is 27.1 Å². The molecule has 0 heterocycles. The van der Waals surface area contributed by atoms with E-state index in [1.165, 1.54) is 0 Å². The van der Waals surface area contributed by atoms with Crippen molar-refractivity contribution in [3.8, 4) is 0 Å². The highest BCUT2D eigenvalue weighted by atomic mass is 35.5. The van der Waals surface area contributed by atoms with Crippen LogP contribution in [0.25, 0.3) is 0 Å². The Morgan fingerprint density at radius 3 is 2.12 bits per heavy atom. The van der Waals surface area contributed by atoms with E-state index in [4.69, 9.17) is 34.8 Å². The zero-order valence-corrected chi connectivity index (χ0v) is 19.8. The summed E-state index contributed by atoms with van der Waals surface area (Å²) in [4.78, 5) is 28.0. The van der Waals surface area contributed by atoms with Gasteiger partial charge in [-0.3, -0.25) is 9.59 Å². The van der Waals surface area contributed by atoms with Crippen LogP contribution in [0.5, 0.6) is 0 Å². The molecule has 0 saturated carbocycles. The zero-order valence-electron chi connectivity index (χ0n) is 17.5. The summed E-state index contributed by atoms with van der Waals surface area (Å²) in [6.07, 6.45) is 0.439. The fourth-order valence-electron chi connectivity index (χ4n) is 3.50. The Balaban J connectivity index is 1.99. The van der Waals surface area contributed by atoms with Crippen LogP contribution in [0.15, 0.2) is 72.8 Å². The van der Waals surface area contributed by atoms with E-state index in [2.05, 4.69) is 5.32 Å². The van der Waals surface area contributed by atoms with Crippen LogP contribution in [0, 0.1) is 0 Å². The van der Waals surface area contributed by atoms with E-state index in [9.17, 15) is 9.59 Å². The number of nitrogens with one attached hydrogen (secondary N) is 1. The number of nitrogens with zero attached hydrogens (tertiary/aromatic N) is 1. The molecule has 0 aromatic heterocycles. The monoisotopic (exact) mass is 488 g/mol. The van der Waals surface area contributed by atoms with Crippen molar-refractivity contribution in [2.24, 2.45) is 0 Å². The normalized spacial score (nSPS) is 11.6. The number of rotatable bonds is 8. The van der Waals surface area contributed by atoms with E-state index in [-0.39, 0.29) is 24.8 Å². The first-order chi connectivity index (χ1) is 15.4.